The standard InChI is InChI=1S/C19H23N5O6/c1-28-13-6-4-12(5-7-13)21-18(26)20-11-17(25)23-24-19(27)22-15-10-14(29-2)8-9-16(15)30-3/h4-10H,11H2,1-3H3,(H,23,25)(H2,20,21,26)(H2,22,24,27). The molecule has 11 heteroatoms. The van der Waals surface area contributed by atoms with Crippen molar-refractivity contribution < 1.29 is 28.6 Å². The Balaban J connectivity index is 1.74. The summed E-state index contributed by atoms with van der Waals surface area (Å²) >= 11 is 0. The van der Waals surface area contributed by atoms with Crippen LogP contribution >= 0.6 is 0 Å². The molecular formula is C19H23N5O6. The van der Waals surface area contributed by atoms with E-state index in [1.807, 2.05) is 0 Å². The minimum absolute atomic E-state index is 0.348. The number of anilines is 2. The maximum absolute atomic E-state index is 12.0. The molecule has 0 saturated heterocycles. The fraction of sp³-hybridized carbons (Fsp3) is 0.211. The molecule has 0 aliphatic carbocycles. The van der Waals surface area contributed by atoms with Crippen LogP contribution in [0.4, 0.5) is 21.0 Å². The second-order valence-corrected chi connectivity index (χ2v) is 5.73. The van der Waals surface area contributed by atoms with Crippen LogP contribution in [0.5, 0.6) is 17.2 Å². The zero-order valence-electron chi connectivity index (χ0n) is 16.7. The Morgan fingerprint density at radius 1 is 0.767 bits per heavy atom. The number of carbonyl (C=O) groups is 3. The third-order valence-electron chi connectivity index (χ3n) is 3.73. The summed E-state index contributed by atoms with van der Waals surface area (Å²) in [5, 5.41) is 7.44. The first kappa shape index (κ1) is 22.1. The molecule has 2 aromatic carbocycles. The number of hydrogen-bond acceptors (Lipinski definition) is 6. The highest BCUT2D eigenvalue weighted by atomic mass is 16.5. The monoisotopic (exact) mass is 417 g/mol. The number of methoxy groups -OCH3 is 3. The van der Waals surface area contributed by atoms with E-state index in [0.717, 1.165) is 0 Å². The average molecular weight is 417 g/mol. The molecule has 160 valence electrons. The van der Waals surface area contributed by atoms with Gasteiger partial charge in [0, 0.05) is 11.8 Å². The fourth-order valence-electron chi connectivity index (χ4n) is 2.25. The van der Waals surface area contributed by atoms with Crippen molar-refractivity contribution >= 4 is 29.3 Å². The topological polar surface area (TPSA) is 139 Å². The van der Waals surface area contributed by atoms with Crippen molar-refractivity contribution in [2.24, 2.45) is 0 Å². The fourth-order valence-corrected chi connectivity index (χ4v) is 2.25. The van der Waals surface area contributed by atoms with Gasteiger partial charge in [-0.3, -0.25) is 10.2 Å². The lowest BCUT2D eigenvalue weighted by molar-refractivity contribution is -0.120. The highest BCUT2D eigenvalue weighted by molar-refractivity contribution is 5.94. The summed E-state index contributed by atoms with van der Waals surface area (Å²) in [6.07, 6.45) is 0. The van der Waals surface area contributed by atoms with Gasteiger partial charge in [-0.15, -0.1) is 0 Å². The number of ether oxygens (including phenoxy) is 3. The highest BCUT2D eigenvalue weighted by Crippen LogP contribution is 2.28. The van der Waals surface area contributed by atoms with Crippen LogP contribution in [-0.2, 0) is 4.79 Å². The number of amides is 5. The van der Waals surface area contributed by atoms with Gasteiger partial charge in [-0.25, -0.2) is 15.0 Å². The predicted octanol–water partition coefficient (Wildman–Crippen LogP) is 1.69. The number of benzene rings is 2. The quantitative estimate of drug-likeness (QED) is 0.435. The van der Waals surface area contributed by atoms with E-state index >= 15 is 0 Å². The summed E-state index contributed by atoms with van der Waals surface area (Å²) in [5.41, 5.74) is 5.22. The van der Waals surface area contributed by atoms with Gasteiger partial charge in [-0.1, -0.05) is 0 Å². The first-order valence-corrected chi connectivity index (χ1v) is 8.72. The molecule has 0 atom stereocenters. The Bertz CT molecular complexity index is 887. The zero-order chi connectivity index (χ0) is 21.9. The van der Waals surface area contributed by atoms with Crippen LogP contribution in [0.15, 0.2) is 42.5 Å². The average Bonchev–Trinajstić information content (AvgIpc) is 2.76. The first-order chi connectivity index (χ1) is 14.4. The van der Waals surface area contributed by atoms with Crippen molar-refractivity contribution in [1.82, 2.24) is 16.2 Å². The SMILES string of the molecule is COc1ccc(NC(=O)NCC(=O)NNC(=O)Nc2cc(OC)ccc2OC)cc1. The molecular weight excluding hydrogens is 394 g/mol. The normalized spacial score (nSPS) is 9.70. The summed E-state index contributed by atoms with van der Waals surface area (Å²) in [6, 6.07) is 10.2. The van der Waals surface area contributed by atoms with E-state index in [1.54, 1.807) is 42.5 Å². The smallest absolute Gasteiger partial charge is 0.338 e. The van der Waals surface area contributed by atoms with Crippen LogP contribution in [-0.4, -0.2) is 45.8 Å². The van der Waals surface area contributed by atoms with E-state index < -0.39 is 18.0 Å². The molecule has 2 rings (SSSR count). The summed E-state index contributed by atoms with van der Waals surface area (Å²) < 4.78 is 15.3. The highest BCUT2D eigenvalue weighted by Gasteiger charge is 2.11. The second kappa shape index (κ2) is 11.0. The van der Waals surface area contributed by atoms with Crippen LogP contribution in [0, 0.1) is 0 Å². The van der Waals surface area contributed by atoms with Crippen molar-refractivity contribution in [2.45, 2.75) is 0 Å². The van der Waals surface area contributed by atoms with Crippen molar-refractivity contribution in [1.29, 1.82) is 0 Å². The van der Waals surface area contributed by atoms with Crippen molar-refractivity contribution in [3.05, 3.63) is 42.5 Å². The van der Waals surface area contributed by atoms with E-state index in [2.05, 4.69) is 26.8 Å². The van der Waals surface area contributed by atoms with Crippen LogP contribution in [0.2, 0.25) is 0 Å². The Morgan fingerprint density at radius 3 is 2.07 bits per heavy atom. The molecule has 11 nitrogen and oxygen atoms in total. The minimum Gasteiger partial charge on any atom is -0.497 e. The Hall–Kier alpha value is -4.15. The Morgan fingerprint density at radius 2 is 1.43 bits per heavy atom. The van der Waals surface area contributed by atoms with Gasteiger partial charge >= 0.3 is 12.1 Å². The molecule has 5 N–H and O–H groups in total. The Kier molecular flexibility index (Phi) is 8.12. The van der Waals surface area contributed by atoms with Gasteiger partial charge in [0.05, 0.1) is 27.0 Å². The van der Waals surface area contributed by atoms with Crippen molar-refractivity contribution in [3.8, 4) is 17.2 Å². The molecule has 2 aromatic rings. The first-order valence-electron chi connectivity index (χ1n) is 8.72. The maximum Gasteiger partial charge on any atom is 0.338 e. The number of hydrogen-bond donors (Lipinski definition) is 5. The van der Waals surface area contributed by atoms with E-state index in [-0.39, 0.29) is 6.54 Å². The van der Waals surface area contributed by atoms with Gasteiger partial charge in [0.1, 0.15) is 23.8 Å². The molecule has 0 bridgehead atoms. The lowest BCUT2D eigenvalue weighted by Crippen LogP contribution is -2.48. The number of nitrogens with one attached hydrogen (secondary N) is 5. The summed E-state index contributed by atoms with van der Waals surface area (Å²) in [6.45, 7) is -0.356. The third-order valence-corrected chi connectivity index (χ3v) is 3.73. The molecule has 0 fully saturated rings. The van der Waals surface area contributed by atoms with E-state index in [4.69, 9.17) is 14.2 Å². The van der Waals surface area contributed by atoms with Gasteiger partial charge < -0.3 is 30.2 Å². The van der Waals surface area contributed by atoms with Crippen LogP contribution in [0.1, 0.15) is 0 Å². The number of carbonyl (C=O) groups excluding carboxylic acids is 3. The van der Waals surface area contributed by atoms with Crippen LogP contribution in [0.3, 0.4) is 0 Å². The third kappa shape index (κ3) is 6.78. The van der Waals surface area contributed by atoms with Crippen molar-refractivity contribution in [2.75, 3.05) is 38.5 Å². The van der Waals surface area contributed by atoms with Gasteiger partial charge in [0.25, 0.3) is 5.91 Å². The zero-order valence-corrected chi connectivity index (χ0v) is 16.7. The number of rotatable bonds is 7. The molecule has 0 aliphatic heterocycles. The second-order valence-electron chi connectivity index (χ2n) is 5.73. The van der Waals surface area contributed by atoms with E-state index in [9.17, 15) is 14.4 Å². The molecule has 0 aromatic heterocycles. The van der Waals surface area contributed by atoms with Crippen LogP contribution in [0.25, 0.3) is 0 Å². The van der Waals surface area contributed by atoms with E-state index in [1.165, 1.54) is 21.3 Å². The minimum atomic E-state index is -0.711. The van der Waals surface area contributed by atoms with Gasteiger partial charge in [-0.05, 0) is 36.4 Å². The molecule has 30 heavy (non-hydrogen) atoms. The predicted molar refractivity (Wildman–Crippen MR) is 110 cm³/mol. The molecule has 0 aliphatic rings. The summed E-state index contributed by atoms with van der Waals surface area (Å²) in [5.74, 6) is 0.945. The molecule has 0 heterocycles. The lowest BCUT2D eigenvalue weighted by atomic mass is 10.2. The van der Waals surface area contributed by atoms with E-state index in [0.29, 0.717) is 28.6 Å². The summed E-state index contributed by atoms with van der Waals surface area (Å²) in [4.78, 5) is 35.6. The molecule has 0 saturated carbocycles. The molecule has 0 spiro atoms. The number of urea groups is 2. The largest absolute Gasteiger partial charge is 0.497 e. The van der Waals surface area contributed by atoms with Gasteiger partial charge in [0.2, 0.25) is 0 Å². The summed E-state index contributed by atoms with van der Waals surface area (Å²) in [7, 11) is 4.48. The molecule has 0 radical (unpaired) electrons. The lowest BCUT2D eigenvalue weighted by Gasteiger charge is -2.13. The Labute approximate surface area is 173 Å². The van der Waals surface area contributed by atoms with Gasteiger partial charge in [0.15, 0.2) is 0 Å². The molecule has 5 amide bonds. The van der Waals surface area contributed by atoms with Gasteiger partial charge in [-0.2, -0.15) is 0 Å². The number of hydrazine groups is 1. The maximum atomic E-state index is 12.0. The van der Waals surface area contributed by atoms with Crippen molar-refractivity contribution in [3.63, 3.8) is 0 Å². The van der Waals surface area contributed by atoms with Crippen LogP contribution < -0.4 is 41.0 Å². The molecule has 0 unspecified atom stereocenters.